The Labute approximate surface area is 315 Å². The Morgan fingerprint density at radius 2 is 1.57 bits per heavy atom. The molecule has 0 unspecified atom stereocenters. The number of nitrogens with two attached hydrogens (primary N) is 2. The second-order valence-electron chi connectivity index (χ2n) is 12.6. The maximum Gasteiger partial charge on any atom is 0.326 e. The molecule has 2 rings (SSSR count). The molecule has 15 N–H and O–H groups in total. The van der Waals surface area contributed by atoms with Gasteiger partial charge in [-0.1, -0.05) is 18.2 Å². The molecule has 9 atom stereocenters. The molecular formula is C32H49N9O12S. The lowest BCUT2D eigenvalue weighted by atomic mass is 10.0. The highest BCUT2D eigenvalue weighted by atomic mass is 32.1. The molecule has 0 bridgehead atoms. The van der Waals surface area contributed by atoms with Crippen LogP contribution >= 0.6 is 12.2 Å². The molecular weight excluding hydrogens is 734 g/mol. The van der Waals surface area contributed by atoms with Gasteiger partial charge in [0.2, 0.25) is 35.4 Å². The number of aliphatic hydroxyl groups excluding tert-OH is 4. The van der Waals surface area contributed by atoms with Crippen LogP contribution in [-0.4, -0.2) is 151 Å². The van der Waals surface area contributed by atoms with E-state index in [4.69, 9.17) is 23.7 Å². The minimum atomic E-state index is -1.96. The molecule has 54 heavy (non-hydrogen) atoms. The van der Waals surface area contributed by atoms with Crippen molar-refractivity contribution in [1.82, 2.24) is 31.5 Å². The Morgan fingerprint density at radius 3 is 2.15 bits per heavy atom. The minimum Gasteiger partial charge on any atom is -0.480 e. The number of primary amides is 1. The monoisotopic (exact) mass is 783 g/mol. The van der Waals surface area contributed by atoms with E-state index in [0.717, 1.165) is 17.5 Å². The Bertz CT molecular complexity index is 1500. The predicted molar refractivity (Wildman–Crippen MR) is 194 cm³/mol. The van der Waals surface area contributed by atoms with Crippen LogP contribution in [0.1, 0.15) is 39.5 Å². The molecule has 0 spiro atoms. The van der Waals surface area contributed by atoms with Crippen LogP contribution in [0.25, 0.3) is 0 Å². The zero-order chi connectivity index (χ0) is 40.7. The molecule has 1 aliphatic rings. The standard InChI is InChI=1S/C32H49N9O12S/c1-15(42)23(34)30(51)41-12-10-19(44)26(41)29(50)40-25(20(45)13-21(33)46)27(48)36-14-22(47)39-24(16(2)43)28(49)38-18(31(52)53)9-6-11-35-32(54)37-17-7-4-3-5-8-17/h3-5,7-8,15-16,18-20,23-26,42-45H,6,9-14,34H2,1-2H3,(H2,33,46)(H,36,48)(H,38,49)(H,39,47)(H,40,50)(H,52,53)(H2,35,37,54)/t15-,16-,18+,19+,20-,23+,24-,25+,26+/m1/s1. The number of carbonyl (C=O) groups excluding carboxylic acids is 6. The highest BCUT2D eigenvalue weighted by Gasteiger charge is 2.44. The van der Waals surface area contributed by atoms with Crippen LogP contribution in [0.2, 0.25) is 0 Å². The number of nitrogens with zero attached hydrogens (tertiary/aromatic N) is 1. The molecule has 1 aliphatic heterocycles. The van der Waals surface area contributed by atoms with Crippen LogP contribution in [0.4, 0.5) is 5.69 Å². The van der Waals surface area contributed by atoms with Crippen LogP contribution in [0.15, 0.2) is 30.3 Å². The van der Waals surface area contributed by atoms with E-state index in [2.05, 4.69) is 31.9 Å². The second kappa shape index (κ2) is 21.6. The number of aliphatic hydroxyl groups is 4. The third-order valence-corrected chi connectivity index (χ3v) is 8.45. The lowest BCUT2D eigenvalue weighted by Crippen LogP contribution is -2.61. The van der Waals surface area contributed by atoms with Gasteiger partial charge in [-0.2, -0.15) is 0 Å². The predicted octanol–water partition coefficient (Wildman–Crippen LogP) is -5.30. The van der Waals surface area contributed by atoms with Crippen molar-refractivity contribution in [2.75, 3.05) is 25.0 Å². The van der Waals surface area contributed by atoms with Crippen molar-refractivity contribution < 1.29 is 59.1 Å². The Balaban J connectivity index is 2.01. The van der Waals surface area contributed by atoms with Crippen molar-refractivity contribution in [2.24, 2.45) is 11.5 Å². The molecule has 1 aromatic rings. The number of nitrogens with one attached hydrogen (secondary N) is 6. The largest absolute Gasteiger partial charge is 0.480 e. The zero-order valence-corrected chi connectivity index (χ0v) is 30.5. The summed E-state index contributed by atoms with van der Waals surface area (Å²) < 4.78 is 0. The third-order valence-electron chi connectivity index (χ3n) is 8.20. The topological polar surface area (TPSA) is 348 Å². The lowest BCUT2D eigenvalue weighted by molar-refractivity contribution is -0.144. The molecule has 0 radical (unpaired) electrons. The molecule has 300 valence electrons. The fourth-order valence-electron chi connectivity index (χ4n) is 5.27. The molecule has 0 aromatic heterocycles. The van der Waals surface area contributed by atoms with E-state index in [1.807, 2.05) is 18.2 Å². The van der Waals surface area contributed by atoms with Crippen molar-refractivity contribution >= 4 is 64.4 Å². The molecule has 0 saturated carbocycles. The third kappa shape index (κ3) is 14.1. The number of aliphatic carboxylic acids is 1. The van der Waals surface area contributed by atoms with Crippen molar-refractivity contribution in [2.45, 2.75) is 94.2 Å². The van der Waals surface area contributed by atoms with Gasteiger partial charge in [0.05, 0.1) is 37.4 Å². The Morgan fingerprint density at radius 1 is 0.926 bits per heavy atom. The number of carboxylic acids is 1. The van der Waals surface area contributed by atoms with Gasteiger partial charge in [-0.15, -0.1) is 0 Å². The molecule has 22 heteroatoms. The van der Waals surface area contributed by atoms with Gasteiger partial charge in [0, 0.05) is 18.8 Å². The number of rotatable bonds is 20. The van der Waals surface area contributed by atoms with Crippen LogP contribution in [0, 0.1) is 0 Å². The molecule has 1 fully saturated rings. The summed E-state index contributed by atoms with van der Waals surface area (Å²) in [5.74, 6) is -7.82. The van der Waals surface area contributed by atoms with E-state index >= 15 is 0 Å². The Kier molecular flexibility index (Phi) is 18.1. The number of thiocarbonyl (C=S) groups is 1. The van der Waals surface area contributed by atoms with Gasteiger partial charge in [-0.25, -0.2) is 4.79 Å². The minimum absolute atomic E-state index is 0.0591. The fourth-order valence-corrected chi connectivity index (χ4v) is 5.49. The van der Waals surface area contributed by atoms with E-state index in [1.54, 1.807) is 12.1 Å². The first-order valence-corrected chi connectivity index (χ1v) is 17.3. The number of para-hydroxylation sites is 1. The van der Waals surface area contributed by atoms with Gasteiger partial charge in [-0.05, 0) is 57.5 Å². The van der Waals surface area contributed by atoms with Crippen LogP contribution in [-0.2, 0) is 33.6 Å². The molecule has 1 heterocycles. The lowest BCUT2D eigenvalue weighted by Gasteiger charge is -2.30. The van der Waals surface area contributed by atoms with E-state index in [0.29, 0.717) is 5.11 Å². The van der Waals surface area contributed by atoms with Gasteiger partial charge in [0.25, 0.3) is 0 Å². The molecule has 1 saturated heterocycles. The van der Waals surface area contributed by atoms with Crippen molar-refractivity contribution in [3.8, 4) is 0 Å². The zero-order valence-electron chi connectivity index (χ0n) is 29.6. The molecule has 1 aromatic carbocycles. The number of likely N-dealkylation sites (tertiary alicyclic amines) is 1. The summed E-state index contributed by atoms with van der Waals surface area (Å²) >= 11 is 5.21. The number of carbonyl (C=O) groups is 7. The quantitative estimate of drug-likeness (QED) is 0.0434. The summed E-state index contributed by atoms with van der Waals surface area (Å²) in [7, 11) is 0. The van der Waals surface area contributed by atoms with Crippen LogP contribution in [0.5, 0.6) is 0 Å². The van der Waals surface area contributed by atoms with Crippen LogP contribution in [0.3, 0.4) is 0 Å². The second-order valence-corrected chi connectivity index (χ2v) is 13.0. The van der Waals surface area contributed by atoms with Crippen molar-refractivity contribution in [3.05, 3.63) is 30.3 Å². The molecule has 0 aliphatic carbocycles. The summed E-state index contributed by atoms with van der Waals surface area (Å²) in [6, 6.07) is 0.933. The maximum absolute atomic E-state index is 13.2. The van der Waals surface area contributed by atoms with Gasteiger partial charge in [0.1, 0.15) is 30.2 Å². The highest BCUT2D eigenvalue weighted by molar-refractivity contribution is 7.80. The smallest absolute Gasteiger partial charge is 0.326 e. The maximum atomic E-state index is 13.2. The van der Waals surface area contributed by atoms with E-state index < -0.39 is 109 Å². The summed E-state index contributed by atoms with van der Waals surface area (Å²) in [4.78, 5) is 89.2. The van der Waals surface area contributed by atoms with E-state index in [-0.39, 0.29) is 32.4 Å². The van der Waals surface area contributed by atoms with Crippen molar-refractivity contribution in [1.29, 1.82) is 0 Å². The summed E-state index contributed by atoms with van der Waals surface area (Å²) in [6.07, 6.45) is -6.95. The highest BCUT2D eigenvalue weighted by Crippen LogP contribution is 2.20. The van der Waals surface area contributed by atoms with Crippen molar-refractivity contribution in [3.63, 3.8) is 0 Å². The number of hydrogen-bond donors (Lipinski definition) is 13. The van der Waals surface area contributed by atoms with Gasteiger partial charge < -0.3 is 73.8 Å². The molecule has 6 amide bonds. The average molecular weight is 784 g/mol. The normalized spacial score (nSPS) is 19.1. The number of amides is 6. The van der Waals surface area contributed by atoms with Gasteiger partial charge in [-0.3, -0.25) is 28.8 Å². The first-order valence-electron chi connectivity index (χ1n) is 16.9. The number of anilines is 1. The summed E-state index contributed by atoms with van der Waals surface area (Å²) in [5, 5.41) is 65.5. The average Bonchev–Trinajstić information content (AvgIpc) is 3.49. The molecule has 21 nitrogen and oxygen atoms in total. The summed E-state index contributed by atoms with van der Waals surface area (Å²) in [6.45, 7) is 1.60. The van der Waals surface area contributed by atoms with Gasteiger partial charge in [0.15, 0.2) is 5.11 Å². The fraction of sp³-hybridized carbons (Fsp3) is 0.562. The number of hydrogen-bond acceptors (Lipinski definition) is 13. The number of benzene rings is 1. The van der Waals surface area contributed by atoms with Gasteiger partial charge >= 0.3 is 5.97 Å². The SMILES string of the molecule is C[C@@H](O)[C@H](N)C(=O)N1CC[C@H](O)[C@H]1C(=O)N[C@H](C(=O)NCC(=O)N[C@@H](C(=O)N[C@@H](CCCNC(=S)Nc1ccccc1)C(=O)O)[C@@H](C)O)[C@H](O)CC(N)=O. The van der Waals surface area contributed by atoms with Crippen LogP contribution < -0.4 is 43.4 Å². The summed E-state index contributed by atoms with van der Waals surface area (Å²) in [5.41, 5.74) is 11.6. The van der Waals surface area contributed by atoms with E-state index in [1.165, 1.54) is 6.92 Å². The number of carboxylic acid groups (broad SMARTS) is 1. The first kappa shape index (κ1) is 45.2. The first-order chi connectivity index (χ1) is 25.3. The van der Waals surface area contributed by atoms with E-state index in [9.17, 15) is 59.1 Å². The Hall–Kier alpha value is -5.00.